The number of rotatable bonds is 3. The van der Waals surface area contributed by atoms with E-state index in [2.05, 4.69) is 32.7 Å². The van der Waals surface area contributed by atoms with E-state index in [1.165, 1.54) is 5.56 Å². The minimum absolute atomic E-state index is 0.124. The summed E-state index contributed by atoms with van der Waals surface area (Å²) in [5, 5.41) is 9.33. The highest BCUT2D eigenvalue weighted by atomic mass is 79.9. The lowest BCUT2D eigenvalue weighted by Crippen LogP contribution is -2.45. The monoisotopic (exact) mass is 284 g/mol. The first-order valence-electron chi connectivity index (χ1n) is 5.67. The zero-order chi connectivity index (χ0) is 11.7. The Morgan fingerprint density at radius 2 is 2.25 bits per heavy atom. The van der Waals surface area contributed by atoms with Crippen molar-refractivity contribution in [3.05, 3.63) is 22.3 Å². The molecule has 0 unspecified atom stereocenters. The van der Waals surface area contributed by atoms with Crippen molar-refractivity contribution in [2.45, 2.75) is 38.3 Å². The van der Waals surface area contributed by atoms with Gasteiger partial charge in [0.1, 0.15) is 5.82 Å². The van der Waals surface area contributed by atoms with Crippen molar-refractivity contribution in [2.75, 3.05) is 11.9 Å². The number of hydrogen-bond acceptors (Lipinski definition) is 3. The molecule has 16 heavy (non-hydrogen) atoms. The molecule has 1 N–H and O–H groups in total. The summed E-state index contributed by atoms with van der Waals surface area (Å²) in [5.41, 5.74) is 1.27. The van der Waals surface area contributed by atoms with E-state index in [0.717, 1.165) is 29.6 Å². The highest BCUT2D eigenvalue weighted by Gasteiger charge is 2.31. The normalized spacial score (nSPS) is 24.0. The SMILES string of the molecule is CCc1ccnc(N(C)C2CC(O)C2)c1Br. The summed E-state index contributed by atoms with van der Waals surface area (Å²) in [7, 11) is 2.04. The average Bonchev–Trinajstić information content (AvgIpc) is 2.24. The predicted octanol–water partition coefficient (Wildman–Crippen LogP) is 2.37. The average molecular weight is 285 g/mol. The van der Waals surface area contributed by atoms with Gasteiger partial charge in [0, 0.05) is 19.3 Å². The molecule has 3 nitrogen and oxygen atoms in total. The first-order valence-corrected chi connectivity index (χ1v) is 6.47. The quantitative estimate of drug-likeness (QED) is 0.926. The van der Waals surface area contributed by atoms with Crippen molar-refractivity contribution in [3.8, 4) is 0 Å². The lowest BCUT2D eigenvalue weighted by molar-refractivity contribution is 0.0748. The molecule has 1 aliphatic carbocycles. The van der Waals surface area contributed by atoms with Crippen molar-refractivity contribution in [1.82, 2.24) is 4.98 Å². The molecule has 0 saturated heterocycles. The molecule has 0 radical (unpaired) electrons. The molecule has 0 spiro atoms. The van der Waals surface area contributed by atoms with Crippen molar-refractivity contribution < 1.29 is 5.11 Å². The number of aryl methyl sites for hydroxylation is 1. The van der Waals surface area contributed by atoms with Gasteiger partial charge >= 0.3 is 0 Å². The number of aromatic nitrogens is 1. The van der Waals surface area contributed by atoms with E-state index in [-0.39, 0.29) is 6.10 Å². The van der Waals surface area contributed by atoms with E-state index < -0.39 is 0 Å². The Morgan fingerprint density at radius 3 is 2.81 bits per heavy atom. The van der Waals surface area contributed by atoms with E-state index in [1.54, 1.807) is 0 Å². The minimum Gasteiger partial charge on any atom is -0.393 e. The largest absolute Gasteiger partial charge is 0.393 e. The van der Waals surface area contributed by atoms with Crippen LogP contribution in [0.2, 0.25) is 0 Å². The highest BCUT2D eigenvalue weighted by molar-refractivity contribution is 9.10. The van der Waals surface area contributed by atoms with Gasteiger partial charge in [0.15, 0.2) is 0 Å². The Bertz CT molecular complexity index is 377. The van der Waals surface area contributed by atoms with Crippen LogP contribution in [0.25, 0.3) is 0 Å². The summed E-state index contributed by atoms with van der Waals surface area (Å²) >= 11 is 3.61. The Kier molecular flexibility index (Phi) is 3.50. The van der Waals surface area contributed by atoms with Gasteiger partial charge in [-0.1, -0.05) is 6.92 Å². The maximum Gasteiger partial charge on any atom is 0.143 e. The molecule has 1 aliphatic rings. The Balaban J connectivity index is 2.19. The van der Waals surface area contributed by atoms with Crippen molar-refractivity contribution in [2.24, 2.45) is 0 Å². The zero-order valence-electron chi connectivity index (χ0n) is 9.65. The van der Waals surface area contributed by atoms with Crippen molar-refractivity contribution in [3.63, 3.8) is 0 Å². The summed E-state index contributed by atoms with van der Waals surface area (Å²) in [5.74, 6) is 0.983. The molecule has 1 aromatic heterocycles. The van der Waals surface area contributed by atoms with Crippen LogP contribution >= 0.6 is 15.9 Å². The molecule has 88 valence electrons. The van der Waals surface area contributed by atoms with Crippen LogP contribution in [0.15, 0.2) is 16.7 Å². The number of aliphatic hydroxyl groups is 1. The predicted molar refractivity (Wildman–Crippen MR) is 68.7 cm³/mol. The molecule has 1 heterocycles. The van der Waals surface area contributed by atoms with Gasteiger partial charge in [0.05, 0.1) is 10.6 Å². The molecular formula is C12H17BrN2O. The third-order valence-electron chi connectivity index (χ3n) is 3.30. The minimum atomic E-state index is -0.124. The fraction of sp³-hybridized carbons (Fsp3) is 0.583. The zero-order valence-corrected chi connectivity index (χ0v) is 11.2. The number of aliphatic hydroxyl groups excluding tert-OH is 1. The third-order valence-corrected chi connectivity index (χ3v) is 4.17. The lowest BCUT2D eigenvalue weighted by Gasteiger charge is -2.39. The summed E-state index contributed by atoms with van der Waals surface area (Å²) in [6.45, 7) is 2.14. The molecule has 0 amide bonds. The maximum atomic E-state index is 9.33. The molecule has 0 atom stereocenters. The maximum absolute atomic E-state index is 9.33. The van der Waals surface area contributed by atoms with Crippen LogP contribution in [0.1, 0.15) is 25.3 Å². The van der Waals surface area contributed by atoms with Gasteiger partial charge in [-0.05, 0) is 46.8 Å². The molecule has 1 aromatic rings. The van der Waals surface area contributed by atoms with Crippen LogP contribution in [0, 0.1) is 0 Å². The Morgan fingerprint density at radius 1 is 1.56 bits per heavy atom. The van der Waals surface area contributed by atoms with Gasteiger partial charge in [-0.15, -0.1) is 0 Å². The first-order chi connectivity index (χ1) is 7.63. The second-order valence-electron chi connectivity index (χ2n) is 4.35. The second-order valence-corrected chi connectivity index (χ2v) is 5.14. The summed E-state index contributed by atoms with van der Waals surface area (Å²) in [4.78, 5) is 6.57. The third kappa shape index (κ3) is 2.09. The number of anilines is 1. The number of halogens is 1. The summed E-state index contributed by atoms with van der Waals surface area (Å²) < 4.78 is 1.08. The van der Waals surface area contributed by atoms with Crippen molar-refractivity contribution in [1.29, 1.82) is 0 Å². The van der Waals surface area contributed by atoms with Gasteiger partial charge in [0.2, 0.25) is 0 Å². The fourth-order valence-electron chi connectivity index (χ4n) is 2.04. The van der Waals surface area contributed by atoms with Gasteiger partial charge < -0.3 is 10.0 Å². The van der Waals surface area contributed by atoms with Crippen molar-refractivity contribution >= 4 is 21.7 Å². The summed E-state index contributed by atoms with van der Waals surface area (Å²) in [6.07, 6.45) is 4.42. The van der Waals surface area contributed by atoms with Crippen LogP contribution < -0.4 is 4.90 Å². The van der Waals surface area contributed by atoms with E-state index >= 15 is 0 Å². The van der Waals surface area contributed by atoms with E-state index in [1.807, 2.05) is 19.3 Å². The highest BCUT2D eigenvalue weighted by Crippen LogP contribution is 2.33. The topological polar surface area (TPSA) is 36.4 Å². The van der Waals surface area contributed by atoms with Crippen LogP contribution in [0.5, 0.6) is 0 Å². The molecule has 4 heteroatoms. The molecule has 2 rings (SSSR count). The van der Waals surface area contributed by atoms with Gasteiger partial charge in [-0.25, -0.2) is 4.98 Å². The lowest BCUT2D eigenvalue weighted by atomic mass is 9.88. The first kappa shape index (κ1) is 11.9. The molecular weight excluding hydrogens is 268 g/mol. The molecule has 0 aromatic carbocycles. The van der Waals surface area contributed by atoms with E-state index in [0.29, 0.717) is 6.04 Å². The Hall–Kier alpha value is -0.610. The second kappa shape index (κ2) is 4.72. The molecule has 1 fully saturated rings. The van der Waals surface area contributed by atoms with E-state index in [9.17, 15) is 5.11 Å². The number of pyridine rings is 1. The van der Waals surface area contributed by atoms with E-state index in [4.69, 9.17) is 0 Å². The van der Waals surface area contributed by atoms with Crippen LogP contribution in [0.3, 0.4) is 0 Å². The smallest absolute Gasteiger partial charge is 0.143 e. The standard InChI is InChI=1S/C12H17BrN2O/c1-3-8-4-5-14-12(11(8)13)15(2)9-6-10(16)7-9/h4-5,9-10,16H,3,6-7H2,1-2H3. The van der Waals surface area contributed by atoms with Gasteiger partial charge in [0.25, 0.3) is 0 Å². The molecule has 0 aliphatic heterocycles. The van der Waals surface area contributed by atoms with Crippen LogP contribution in [0.4, 0.5) is 5.82 Å². The van der Waals surface area contributed by atoms with Gasteiger partial charge in [-0.2, -0.15) is 0 Å². The van der Waals surface area contributed by atoms with Crippen LogP contribution in [-0.2, 0) is 6.42 Å². The molecule has 0 bridgehead atoms. The summed E-state index contributed by atoms with van der Waals surface area (Å²) in [6, 6.07) is 2.46. The van der Waals surface area contributed by atoms with Crippen LogP contribution in [-0.4, -0.2) is 29.3 Å². The number of nitrogens with zero attached hydrogens (tertiary/aromatic N) is 2. The molecule has 1 saturated carbocycles. The van der Waals surface area contributed by atoms with Gasteiger partial charge in [-0.3, -0.25) is 0 Å². The number of hydrogen-bond donors (Lipinski definition) is 1. The fourth-order valence-corrected chi connectivity index (χ4v) is 2.83. The Labute approximate surface area is 105 Å².